The van der Waals surface area contributed by atoms with Crippen LogP contribution in [0.2, 0.25) is 0 Å². The number of hydrogen-bond acceptors (Lipinski definition) is 4. The molecule has 0 saturated carbocycles. The highest BCUT2D eigenvalue weighted by Gasteiger charge is 2.28. The summed E-state index contributed by atoms with van der Waals surface area (Å²) < 4.78 is 5.05. The SMILES string of the molecule is CC(C(=O)NCc1ccc(C(=O)O)o1)C1CNC1. The molecule has 0 radical (unpaired) electrons. The van der Waals surface area contributed by atoms with Crippen LogP contribution in [0.5, 0.6) is 0 Å². The maximum absolute atomic E-state index is 11.8. The number of amides is 1. The van der Waals surface area contributed by atoms with Crippen LogP contribution < -0.4 is 10.6 Å². The zero-order valence-electron chi connectivity index (χ0n) is 10.1. The molecule has 98 valence electrons. The van der Waals surface area contributed by atoms with E-state index in [1.807, 2.05) is 6.92 Å². The van der Waals surface area contributed by atoms with Crippen LogP contribution in [-0.2, 0) is 11.3 Å². The molecule has 0 aromatic carbocycles. The van der Waals surface area contributed by atoms with E-state index in [2.05, 4.69) is 10.6 Å². The quantitative estimate of drug-likeness (QED) is 0.707. The maximum Gasteiger partial charge on any atom is 0.371 e. The summed E-state index contributed by atoms with van der Waals surface area (Å²) in [5.41, 5.74) is 0. The molecule has 1 aliphatic rings. The van der Waals surface area contributed by atoms with Gasteiger partial charge in [0.05, 0.1) is 6.54 Å². The van der Waals surface area contributed by atoms with E-state index in [-0.39, 0.29) is 24.1 Å². The normalized spacial score (nSPS) is 16.9. The van der Waals surface area contributed by atoms with Gasteiger partial charge in [-0.3, -0.25) is 4.79 Å². The van der Waals surface area contributed by atoms with E-state index >= 15 is 0 Å². The second-order valence-electron chi connectivity index (χ2n) is 4.50. The second-order valence-corrected chi connectivity index (χ2v) is 4.50. The van der Waals surface area contributed by atoms with Gasteiger partial charge in [-0.25, -0.2) is 4.79 Å². The van der Waals surface area contributed by atoms with Gasteiger partial charge in [0.1, 0.15) is 5.76 Å². The Balaban J connectivity index is 1.82. The summed E-state index contributed by atoms with van der Waals surface area (Å²) in [5, 5.41) is 14.6. The number of hydrogen-bond donors (Lipinski definition) is 3. The lowest BCUT2D eigenvalue weighted by Crippen LogP contribution is -2.49. The van der Waals surface area contributed by atoms with Crippen molar-refractivity contribution in [3.05, 3.63) is 23.7 Å². The first-order chi connectivity index (χ1) is 8.58. The molecular formula is C12H16N2O4. The third kappa shape index (κ3) is 2.70. The Kier molecular flexibility index (Phi) is 3.66. The number of carboxylic acids is 1. The zero-order chi connectivity index (χ0) is 13.1. The number of rotatable bonds is 5. The minimum Gasteiger partial charge on any atom is -0.475 e. The van der Waals surface area contributed by atoms with E-state index in [9.17, 15) is 9.59 Å². The number of nitrogens with one attached hydrogen (secondary N) is 2. The van der Waals surface area contributed by atoms with Gasteiger partial charge >= 0.3 is 5.97 Å². The molecule has 1 aromatic heterocycles. The van der Waals surface area contributed by atoms with Crippen LogP contribution in [0.4, 0.5) is 0 Å². The van der Waals surface area contributed by atoms with Crippen LogP contribution in [0.1, 0.15) is 23.2 Å². The van der Waals surface area contributed by atoms with Crippen molar-refractivity contribution in [2.75, 3.05) is 13.1 Å². The summed E-state index contributed by atoms with van der Waals surface area (Å²) >= 11 is 0. The molecule has 1 amide bonds. The highest BCUT2D eigenvalue weighted by atomic mass is 16.4. The predicted octanol–water partition coefficient (Wildman–Crippen LogP) is 0.449. The minimum atomic E-state index is -1.11. The molecule has 1 aliphatic heterocycles. The number of aromatic carboxylic acids is 1. The van der Waals surface area contributed by atoms with Gasteiger partial charge in [-0.2, -0.15) is 0 Å². The fraction of sp³-hybridized carbons (Fsp3) is 0.500. The molecule has 1 saturated heterocycles. The zero-order valence-corrected chi connectivity index (χ0v) is 10.1. The summed E-state index contributed by atoms with van der Waals surface area (Å²) in [7, 11) is 0. The molecule has 0 bridgehead atoms. The fourth-order valence-corrected chi connectivity index (χ4v) is 1.80. The van der Waals surface area contributed by atoms with E-state index < -0.39 is 5.97 Å². The highest BCUT2D eigenvalue weighted by molar-refractivity contribution is 5.84. The molecule has 1 aromatic rings. The van der Waals surface area contributed by atoms with Crippen molar-refractivity contribution in [2.24, 2.45) is 11.8 Å². The minimum absolute atomic E-state index is 0.0326. The van der Waals surface area contributed by atoms with E-state index in [1.165, 1.54) is 6.07 Å². The number of carbonyl (C=O) groups excluding carboxylic acids is 1. The molecule has 1 fully saturated rings. The van der Waals surface area contributed by atoms with Gasteiger partial charge in [-0.1, -0.05) is 6.92 Å². The first kappa shape index (κ1) is 12.6. The van der Waals surface area contributed by atoms with Gasteiger partial charge in [0, 0.05) is 5.92 Å². The number of furan rings is 1. The van der Waals surface area contributed by atoms with E-state index in [0.29, 0.717) is 11.7 Å². The molecule has 2 heterocycles. The molecular weight excluding hydrogens is 236 g/mol. The lowest BCUT2D eigenvalue weighted by Gasteiger charge is -2.31. The Morgan fingerprint density at radius 3 is 2.78 bits per heavy atom. The first-order valence-electron chi connectivity index (χ1n) is 5.88. The van der Waals surface area contributed by atoms with Gasteiger partial charge in [-0.15, -0.1) is 0 Å². The molecule has 6 nitrogen and oxygen atoms in total. The summed E-state index contributed by atoms with van der Waals surface area (Å²) in [6, 6.07) is 2.93. The molecule has 0 spiro atoms. The molecule has 6 heteroatoms. The molecule has 18 heavy (non-hydrogen) atoms. The van der Waals surface area contributed by atoms with Gasteiger partial charge in [-0.05, 0) is 31.1 Å². The van der Waals surface area contributed by atoms with Crippen molar-refractivity contribution in [2.45, 2.75) is 13.5 Å². The Labute approximate surface area is 104 Å². The fourth-order valence-electron chi connectivity index (χ4n) is 1.80. The standard InChI is InChI=1S/C12H16N2O4/c1-7(8-4-13-5-8)11(15)14-6-9-2-3-10(18-9)12(16)17/h2-3,7-8,13H,4-6H2,1H3,(H,14,15)(H,16,17). The third-order valence-corrected chi connectivity index (χ3v) is 3.24. The molecule has 2 rings (SSSR count). The maximum atomic E-state index is 11.8. The molecule has 1 unspecified atom stereocenters. The highest BCUT2D eigenvalue weighted by Crippen LogP contribution is 2.16. The van der Waals surface area contributed by atoms with Crippen LogP contribution in [0.3, 0.4) is 0 Å². The number of carboxylic acid groups (broad SMARTS) is 1. The van der Waals surface area contributed by atoms with Crippen molar-refractivity contribution in [1.29, 1.82) is 0 Å². The van der Waals surface area contributed by atoms with Crippen molar-refractivity contribution in [3.63, 3.8) is 0 Å². The summed E-state index contributed by atoms with van der Waals surface area (Å²) in [4.78, 5) is 22.4. The van der Waals surface area contributed by atoms with Crippen LogP contribution in [0.25, 0.3) is 0 Å². The summed E-state index contributed by atoms with van der Waals surface area (Å²) in [5.74, 6) is -0.470. The van der Waals surface area contributed by atoms with Crippen LogP contribution in [0.15, 0.2) is 16.5 Å². The summed E-state index contributed by atoms with van der Waals surface area (Å²) in [6.07, 6.45) is 0. The van der Waals surface area contributed by atoms with Gasteiger partial charge in [0.2, 0.25) is 11.7 Å². The Bertz CT molecular complexity index is 451. The summed E-state index contributed by atoms with van der Waals surface area (Å²) in [6.45, 7) is 3.86. The number of carbonyl (C=O) groups is 2. The smallest absolute Gasteiger partial charge is 0.371 e. The van der Waals surface area contributed by atoms with Crippen LogP contribution >= 0.6 is 0 Å². The molecule has 1 atom stereocenters. The first-order valence-corrected chi connectivity index (χ1v) is 5.88. The van der Waals surface area contributed by atoms with E-state index in [1.54, 1.807) is 6.07 Å². The van der Waals surface area contributed by atoms with Gasteiger partial charge in [0.25, 0.3) is 0 Å². The Morgan fingerprint density at radius 1 is 1.56 bits per heavy atom. The topological polar surface area (TPSA) is 91.6 Å². The molecule has 0 aliphatic carbocycles. The second kappa shape index (κ2) is 5.22. The van der Waals surface area contributed by atoms with Crippen molar-refractivity contribution in [3.8, 4) is 0 Å². The monoisotopic (exact) mass is 252 g/mol. The van der Waals surface area contributed by atoms with Crippen molar-refractivity contribution in [1.82, 2.24) is 10.6 Å². The third-order valence-electron chi connectivity index (χ3n) is 3.24. The van der Waals surface area contributed by atoms with Crippen LogP contribution in [0, 0.1) is 11.8 Å². The van der Waals surface area contributed by atoms with Gasteiger partial charge < -0.3 is 20.2 Å². The van der Waals surface area contributed by atoms with Crippen molar-refractivity contribution >= 4 is 11.9 Å². The Hall–Kier alpha value is -1.82. The lowest BCUT2D eigenvalue weighted by atomic mass is 9.88. The largest absolute Gasteiger partial charge is 0.475 e. The van der Waals surface area contributed by atoms with Crippen LogP contribution in [-0.4, -0.2) is 30.1 Å². The van der Waals surface area contributed by atoms with Gasteiger partial charge in [0.15, 0.2) is 0 Å². The average molecular weight is 252 g/mol. The van der Waals surface area contributed by atoms with E-state index in [4.69, 9.17) is 9.52 Å². The van der Waals surface area contributed by atoms with Crippen molar-refractivity contribution < 1.29 is 19.1 Å². The average Bonchev–Trinajstić information content (AvgIpc) is 2.72. The Morgan fingerprint density at radius 2 is 2.28 bits per heavy atom. The molecule has 3 N–H and O–H groups in total. The lowest BCUT2D eigenvalue weighted by molar-refractivity contribution is -0.126. The predicted molar refractivity (Wildman–Crippen MR) is 63.0 cm³/mol. The van der Waals surface area contributed by atoms with E-state index in [0.717, 1.165) is 13.1 Å².